The van der Waals surface area contributed by atoms with Crippen LogP contribution in [0.25, 0.3) is 0 Å². The van der Waals surface area contributed by atoms with Gasteiger partial charge in [0.15, 0.2) is 0 Å². The van der Waals surface area contributed by atoms with Crippen LogP contribution in [0.3, 0.4) is 0 Å². The number of quaternary nitrogens is 1. The number of hydrogen-bond acceptors (Lipinski definition) is 5. The molecule has 0 radical (unpaired) electrons. The van der Waals surface area contributed by atoms with E-state index in [2.05, 4.69) is 70.9 Å². The predicted octanol–water partition coefficient (Wildman–Crippen LogP) is 14.2. The van der Waals surface area contributed by atoms with E-state index in [1.54, 1.807) is 21.6 Å². The van der Waals surface area contributed by atoms with Crippen molar-refractivity contribution in [1.82, 2.24) is 15.5 Å². The summed E-state index contributed by atoms with van der Waals surface area (Å²) in [4.78, 5) is 26.9. The number of nitrogens with zero attached hydrogens (tertiary/aromatic N) is 2. The second-order valence-corrected chi connectivity index (χ2v) is 21.4. The lowest BCUT2D eigenvalue weighted by Crippen LogP contribution is -2.55. The SMILES string of the molecule is CCN(CCCCCCCCCCCCCCCC(=O)NCCSSCCNC(=O)CCCCCCCCCCCCCCC[N+](CC)(CC(C)C)C(C)C)C(C)C. The summed E-state index contributed by atoms with van der Waals surface area (Å²) in [5, 5.41) is 6.16. The molecule has 0 aromatic heterocycles. The molecule has 8 heteroatoms. The zero-order chi connectivity index (χ0) is 43.0. The largest absolute Gasteiger partial charge is 0.355 e. The van der Waals surface area contributed by atoms with Gasteiger partial charge in [-0.3, -0.25) is 9.59 Å². The summed E-state index contributed by atoms with van der Waals surface area (Å²) in [6.45, 7) is 26.7. The number of carbonyl (C=O) groups is 2. The Bertz CT molecular complexity index is 905. The number of unbranched alkanes of at least 4 members (excludes halogenated alkanes) is 24. The second-order valence-electron chi connectivity index (χ2n) is 18.7. The monoisotopic (exact) mass is 856 g/mol. The molecule has 0 aliphatic carbocycles. The topological polar surface area (TPSA) is 61.4 Å². The lowest BCUT2D eigenvalue weighted by Gasteiger charge is -2.43. The predicted molar refractivity (Wildman–Crippen MR) is 263 cm³/mol. The highest BCUT2D eigenvalue weighted by molar-refractivity contribution is 8.76. The first-order chi connectivity index (χ1) is 28.1. The molecule has 0 bridgehead atoms. The van der Waals surface area contributed by atoms with Crippen molar-refractivity contribution in [2.75, 3.05) is 57.3 Å². The smallest absolute Gasteiger partial charge is 0.220 e. The Balaban J connectivity index is 3.39. The maximum absolute atomic E-state index is 12.2. The van der Waals surface area contributed by atoms with E-state index in [9.17, 15) is 9.59 Å². The van der Waals surface area contributed by atoms with E-state index in [1.807, 2.05) is 0 Å². The summed E-state index contributed by atoms with van der Waals surface area (Å²) in [5.41, 5.74) is 0. The molecule has 0 heterocycles. The van der Waals surface area contributed by atoms with Gasteiger partial charge in [0.05, 0.1) is 25.7 Å². The standard InChI is InChI=1S/C50H102N4O2S2/c1-9-53(47(5)6)41-35-31-27-23-19-15-11-13-17-21-25-29-33-37-49(55)51-39-43-57-58-44-40-52-50(56)38-34-30-26-22-18-14-12-16-20-24-28-32-36-42-54(10-2,48(7)8)45-46(3)4/h46-48H,9-45H2,1-8H3,(H-,51,52,55,56)/p+1. The molecule has 2 N–H and O–H groups in total. The van der Waals surface area contributed by atoms with Crippen LogP contribution in [0.15, 0.2) is 0 Å². The molecule has 58 heavy (non-hydrogen) atoms. The van der Waals surface area contributed by atoms with Gasteiger partial charge in [0, 0.05) is 49.4 Å². The highest BCUT2D eigenvalue weighted by Gasteiger charge is 2.29. The van der Waals surface area contributed by atoms with E-state index in [4.69, 9.17) is 0 Å². The number of amides is 2. The molecule has 6 nitrogen and oxygen atoms in total. The molecule has 2 amide bonds. The minimum atomic E-state index is 0.198. The van der Waals surface area contributed by atoms with E-state index in [1.165, 1.54) is 191 Å². The van der Waals surface area contributed by atoms with Crippen molar-refractivity contribution >= 4 is 33.4 Å². The highest BCUT2D eigenvalue weighted by atomic mass is 33.1. The quantitative estimate of drug-likeness (QED) is 0.0363. The first-order valence-corrected chi connectivity index (χ1v) is 27.9. The van der Waals surface area contributed by atoms with Crippen LogP contribution in [-0.2, 0) is 9.59 Å². The van der Waals surface area contributed by atoms with Crippen molar-refractivity contribution in [2.24, 2.45) is 5.92 Å². The number of carbonyl (C=O) groups excluding carboxylic acids is 2. The Morgan fingerprint density at radius 1 is 0.500 bits per heavy atom. The lowest BCUT2D eigenvalue weighted by atomic mass is 10.0. The molecule has 1 unspecified atom stereocenters. The fourth-order valence-corrected chi connectivity index (χ4v) is 10.5. The number of rotatable bonds is 45. The van der Waals surface area contributed by atoms with E-state index < -0.39 is 0 Å². The van der Waals surface area contributed by atoms with Crippen molar-refractivity contribution in [3.8, 4) is 0 Å². The van der Waals surface area contributed by atoms with Crippen LogP contribution >= 0.6 is 21.6 Å². The van der Waals surface area contributed by atoms with Gasteiger partial charge in [-0.25, -0.2) is 0 Å². The summed E-state index contributed by atoms with van der Waals surface area (Å²) >= 11 is 0. The van der Waals surface area contributed by atoms with Gasteiger partial charge in [-0.1, -0.05) is 177 Å². The van der Waals surface area contributed by atoms with Crippen LogP contribution in [-0.4, -0.2) is 90.6 Å². The van der Waals surface area contributed by atoms with Crippen LogP contribution in [0.2, 0.25) is 0 Å². The summed E-state index contributed by atoms with van der Waals surface area (Å²) < 4.78 is 1.30. The van der Waals surface area contributed by atoms with Crippen LogP contribution in [0, 0.1) is 5.92 Å². The van der Waals surface area contributed by atoms with Crippen LogP contribution in [0.5, 0.6) is 0 Å². The molecule has 0 aromatic carbocycles. The molecular weight excluding hydrogens is 753 g/mol. The molecule has 1 atom stereocenters. The molecule has 0 saturated carbocycles. The molecule has 0 aliphatic heterocycles. The third kappa shape index (κ3) is 36.2. The van der Waals surface area contributed by atoms with Crippen molar-refractivity contribution in [3.63, 3.8) is 0 Å². The van der Waals surface area contributed by atoms with Crippen molar-refractivity contribution in [3.05, 3.63) is 0 Å². The average molecular weight is 857 g/mol. The van der Waals surface area contributed by atoms with Gasteiger partial charge in [-0.15, -0.1) is 0 Å². The minimum Gasteiger partial charge on any atom is -0.355 e. The van der Waals surface area contributed by atoms with Gasteiger partial charge in [-0.2, -0.15) is 0 Å². The summed E-state index contributed by atoms with van der Waals surface area (Å²) in [7, 11) is 3.58. The summed E-state index contributed by atoms with van der Waals surface area (Å²) in [6, 6.07) is 1.41. The van der Waals surface area contributed by atoms with Crippen molar-refractivity contribution in [1.29, 1.82) is 0 Å². The molecule has 0 saturated heterocycles. The Hall–Kier alpha value is -0.440. The average Bonchev–Trinajstić information content (AvgIpc) is 3.19. The van der Waals surface area contributed by atoms with Gasteiger partial charge >= 0.3 is 0 Å². The van der Waals surface area contributed by atoms with Gasteiger partial charge in [0.1, 0.15) is 0 Å². The Kier molecular flexibility index (Phi) is 41.6. The van der Waals surface area contributed by atoms with Crippen molar-refractivity contribution in [2.45, 2.75) is 247 Å². The molecule has 0 rings (SSSR count). The molecule has 0 aromatic rings. The molecule has 0 spiro atoms. The zero-order valence-corrected chi connectivity index (χ0v) is 42.1. The zero-order valence-electron chi connectivity index (χ0n) is 40.4. The molecular formula is C50H103N4O2S2+. The van der Waals surface area contributed by atoms with Gasteiger partial charge in [0.2, 0.25) is 11.8 Å². The Morgan fingerprint density at radius 2 is 0.845 bits per heavy atom. The molecule has 0 aliphatic rings. The molecule has 0 fully saturated rings. The van der Waals surface area contributed by atoms with E-state index in [-0.39, 0.29) is 11.8 Å². The van der Waals surface area contributed by atoms with Crippen LogP contribution in [0.1, 0.15) is 235 Å². The minimum absolute atomic E-state index is 0.198. The lowest BCUT2D eigenvalue weighted by molar-refractivity contribution is -0.949. The van der Waals surface area contributed by atoms with E-state index in [0.717, 1.165) is 49.4 Å². The van der Waals surface area contributed by atoms with Gasteiger partial charge in [-0.05, 0) is 79.8 Å². The van der Waals surface area contributed by atoms with E-state index >= 15 is 0 Å². The van der Waals surface area contributed by atoms with E-state index in [0.29, 0.717) is 18.9 Å². The highest BCUT2D eigenvalue weighted by Crippen LogP contribution is 2.21. The maximum atomic E-state index is 12.2. The fourth-order valence-electron chi connectivity index (χ4n) is 8.68. The van der Waals surface area contributed by atoms with Crippen molar-refractivity contribution < 1.29 is 14.1 Å². The Labute approximate surface area is 371 Å². The van der Waals surface area contributed by atoms with Gasteiger partial charge in [0.25, 0.3) is 0 Å². The van der Waals surface area contributed by atoms with Gasteiger partial charge < -0.3 is 20.0 Å². The number of nitrogens with one attached hydrogen (secondary N) is 2. The summed E-state index contributed by atoms with van der Waals surface area (Å²) in [6.07, 6.45) is 35.9. The first-order valence-electron chi connectivity index (χ1n) is 25.5. The Morgan fingerprint density at radius 3 is 1.16 bits per heavy atom. The number of hydrogen-bond donors (Lipinski definition) is 2. The van der Waals surface area contributed by atoms with Crippen LogP contribution < -0.4 is 10.6 Å². The van der Waals surface area contributed by atoms with Crippen LogP contribution in [0.4, 0.5) is 0 Å². The first kappa shape index (κ1) is 57.6. The fraction of sp³-hybridized carbons (Fsp3) is 0.960. The third-order valence-corrected chi connectivity index (χ3v) is 15.0. The third-order valence-electron chi connectivity index (χ3n) is 12.5. The second kappa shape index (κ2) is 41.9. The molecule has 346 valence electrons. The normalized spacial score (nSPS) is 13.0. The summed E-state index contributed by atoms with van der Waals surface area (Å²) in [5.74, 6) is 3.00. The maximum Gasteiger partial charge on any atom is 0.220 e.